The standard InChI is InChI=1S/C19H28FN3O.HI/c1-3-21-18(23-17-12-14(17)2)22-13-19(8-10-24-11-9-19)15-4-6-16(20)7-5-15;/h4-7,14,17H,3,8-13H2,1-2H3,(H2,21,22,23);1H. The highest BCUT2D eigenvalue weighted by Crippen LogP contribution is 2.35. The van der Waals surface area contributed by atoms with Crippen LogP contribution in [-0.4, -0.2) is 38.3 Å². The van der Waals surface area contributed by atoms with E-state index in [-0.39, 0.29) is 35.2 Å². The molecular formula is C19H29FIN3O. The minimum Gasteiger partial charge on any atom is -0.381 e. The van der Waals surface area contributed by atoms with Crippen LogP contribution < -0.4 is 10.6 Å². The Morgan fingerprint density at radius 1 is 1.28 bits per heavy atom. The number of nitrogens with one attached hydrogen (secondary N) is 2. The molecule has 0 bridgehead atoms. The first-order chi connectivity index (χ1) is 11.6. The molecule has 1 saturated heterocycles. The summed E-state index contributed by atoms with van der Waals surface area (Å²) in [5.41, 5.74) is 1.09. The quantitative estimate of drug-likeness (QED) is 0.401. The zero-order valence-electron chi connectivity index (χ0n) is 15.1. The van der Waals surface area contributed by atoms with Gasteiger partial charge < -0.3 is 15.4 Å². The second-order valence-corrected chi connectivity index (χ2v) is 7.06. The Morgan fingerprint density at radius 2 is 1.92 bits per heavy atom. The van der Waals surface area contributed by atoms with Gasteiger partial charge in [-0.3, -0.25) is 4.99 Å². The van der Waals surface area contributed by atoms with Crippen molar-refractivity contribution in [2.45, 2.75) is 44.6 Å². The second kappa shape index (κ2) is 9.16. The number of nitrogens with zero attached hydrogens (tertiary/aromatic N) is 1. The van der Waals surface area contributed by atoms with E-state index in [1.165, 1.54) is 6.42 Å². The number of halogens is 2. The van der Waals surface area contributed by atoms with Crippen LogP contribution >= 0.6 is 24.0 Å². The van der Waals surface area contributed by atoms with E-state index in [2.05, 4.69) is 24.5 Å². The van der Waals surface area contributed by atoms with Crippen LogP contribution in [0.4, 0.5) is 4.39 Å². The third-order valence-electron chi connectivity index (χ3n) is 5.22. The van der Waals surface area contributed by atoms with Gasteiger partial charge in [-0.05, 0) is 49.8 Å². The van der Waals surface area contributed by atoms with Gasteiger partial charge in [-0.1, -0.05) is 19.1 Å². The van der Waals surface area contributed by atoms with Crippen molar-refractivity contribution in [3.63, 3.8) is 0 Å². The van der Waals surface area contributed by atoms with Crippen molar-refractivity contribution in [3.05, 3.63) is 35.6 Å². The lowest BCUT2D eigenvalue weighted by molar-refractivity contribution is 0.0531. The number of hydrogen-bond acceptors (Lipinski definition) is 2. The molecule has 1 aromatic rings. The SMILES string of the molecule is CCNC(=NCC1(c2ccc(F)cc2)CCOCC1)NC1CC1C.I. The molecule has 0 aromatic heterocycles. The van der Waals surface area contributed by atoms with Gasteiger partial charge in [0.1, 0.15) is 5.82 Å². The van der Waals surface area contributed by atoms with Gasteiger partial charge in [0.15, 0.2) is 5.96 Å². The molecule has 1 aliphatic heterocycles. The first-order valence-corrected chi connectivity index (χ1v) is 9.01. The Labute approximate surface area is 167 Å². The maximum atomic E-state index is 13.3. The predicted octanol–water partition coefficient (Wildman–Crippen LogP) is 3.46. The molecule has 6 heteroatoms. The summed E-state index contributed by atoms with van der Waals surface area (Å²) < 4.78 is 18.9. The van der Waals surface area contributed by atoms with Crippen molar-refractivity contribution < 1.29 is 9.13 Å². The Balaban J connectivity index is 0.00000225. The summed E-state index contributed by atoms with van der Waals surface area (Å²) in [6.07, 6.45) is 3.05. The van der Waals surface area contributed by atoms with E-state index in [0.29, 0.717) is 12.6 Å². The molecule has 3 rings (SSSR count). The number of rotatable bonds is 5. The van der Waals surface area contributed by atoms with Crippen LogP contribution in [0.2, 0.25) is 0 Å². The summed E-state index contributed by atoms with van der Waals surface area (Å²) in [6.45, 7) is 7.34. The normalized spacial score (nSPS) is 25.0. The molecule has 2 unspecified atom stereocenters. The molecule has 2 atom stereocenters. The van der Waals surface area contributed by atoms with Crippen LogP contribution in [0.3, 0.4) is 0 Å². The zero-order valence-corrected chi connectivity index (χ0v) is 17.4. The number of benzene rings is 1. The highest BCUT2D eigenvalue weighted by molar-refractivity contribution is 14.0. The highest BCUT2D eigenvalue weighted by Gasteiger charge is 2.36. The van der Waals surface area contributed by atoms with Crippen molar-refractivity contribution in [1.82, 2.24) is 10.6 Å². The fourth-order valence-corrected chi connectivity index (χ4v) is 3.35. The fraction of sp³-hybridized carbons (Fsp3) is 0.632. The smallest absolute Gasteiger partial charge is 0.191 e. The third-order valence-corrected chi connectivity index (χ3v) is 5.22. The van der Waals surface area contributed by atoms with Crippen molar-refractivity contribution in [2.75, 3.05) is 26.3 Å². The van der Waals surface area contributed by atoms with Gasteiger partial charge in [-0.25, -0.2) is 4.39 Å². The van der Waals surface area contributed by atoms with E-state index >= 15 is 0 Å². The maximum absolute atomic E-state index is 13.3. The molecule has 2 fully saturated rings. The molecular weight excluding hydrogens is 432 g/mol. The molecule has 1 aromatic carbocycles. The minimum atomic E-state index is -0.192. The van der Waals surface area contributed by atoms with Gasteiger partial charge in [0.25, 0.3) is 0 Å². The molecule has 1 saturated carbocycles. The summed E-state index contributed by atoms with van der Waals surface area (Å²) in [5, 5.41) is 6.85. The number of guanidine groups is 1. The van der Waals surface area contributed by atoms with Gasteiger partial charge in [0.05, 0.1) is 6.54 Å². The average molecular weight is 461 g/mol. The van der Waals surface area contributed by atoms with E-state index in [1.807, 2.05) is 12.1 Å². The summed E-state index contributed by atoms with van der Waals surface area (Å²) in [4.78, 5) is 4.87. The van der Waals surface area contributed by atoms with E-state index in [4.69, 9.17) is 9.73 Å². The van der Waals surface area contributed by atoms with Crippen LogP contribution in [-0.2, 0) is 10.2 Å². The lowest BCUT2D eigenvalue weighted by atomic mass is 9.74. The number of hydrogen-bond donors (Lipinski definition) is 2. The lowest BCUT2D eigenvalue weighted by Crippen LogP contribution is -2.42. The Hall–Kier alpha value is -0.890. The molecule has 0 spiro atoms. The van der Waals surface area contributed by atoms with Crippen LogP contribution in [0.15, 0.2) is 29.3 Å². The molecule has 140 valence electrons. The largest absolute Gasteiger partial charge is 0.381 e. The van der Waals surface area contributed by atoms with Crippen molar-refractivity contribution in [3.8, 4) is 0 Å². The fourth-order valence-electron chi connectivity index (χ4n) is 3.35. The molecule has 1 aliphatic carbocycles. The summed E-state index contributed by atoms with van der Waals surface area (Å²) >= 11 is 0. The molecule has 4 nitrogen and oxygen atoms in total. The summed E-state index contributed by atoms with van der Waals surface area (Å²) in [7, 11) is 0. The molecule has 1 heterocycles. The maximum Gasteiger partial charge on any atom is 0.191 e. The topological polar surface area (TPSA) is 45.7 Å². The average Bonchev–Trinajstić information content (AvgIpc) is 3.29. The highest BCUT2D eigenvalue weighted by atomic mass is 127. The minimum absolute atomic E-state index is 0. The molecule has 2 aliphatic rings. The van der Waals surface area contributed by atoms with E-state index in [1.54, 1.807) is 12.1 Å². The van der Waals surface area contributed by atoms with E-state index in [0.717, 1.165) is 50.0 Å². The van der Waals surface area contributed by atoms with Crippen molar-refractivity contribution in [2.24, 2.45) is 10.9 Å². The van der Waals surface area contributed by atoms with Gasteiger partial charge in [-0.2, -0.15) is 0 Å². The van der Waals surface area contributed by atoms with E-state index in [9.17, 15) is 4.39 Å². The molecule has 0 radical (unpaired) electrons. The number of ether oxygens (including phenoxy) is 1. The zero-order chi connectivity index (χ0) is 17.0. The van der Waals surface area contributed by atoms with Gasteiger partial charge in [0, 0.05) is 31.2 Å². The predicted molar refractivity (Wildman–Crippen MR) is 110 cm³/mol. The lowest BCUT2D eigenvalue weighted by Gasteiger charge is -2.36. The van der Waals surface area contributed by atoms with E-state index < -0.39 is 0 Å². The van der Waals surface area contributed by atoms with Gasteiger partial charge in [-0.15, -0.1) is 24.0 Å². The molecule has 0 amide bonds. The monoisotopic (exact) mass is 461 g/mol. The first-order valence-electron chi connectivity index (χ1n) is 9.01. The first kappa shape index (κ1) is 20.4. The number of aliphatic imine (C=N–C) groups is 1. The molecule has 25 heavy (non-hydrogen) atoms. The summed E-state index contributed by atoms with van der Waals surface area (Å²) in [5.74, 6) is 1.42. The van der Waals surface area contributed by atoms with Gasteiger partial charge in [0.2, 0.25) is 0 Å². The van der Waals surface area contributed by atoms with Crippen LogP contribution in [0, 0.1) is 11.7 Å². The Kier molecular flexibility index (Phi) is 7.49. The van der Waals surface area contributed by atoms with Crippen molar-refractivity contribution in [1.29, 1.82) is 0 Å². The van der Waals surface area contributed by atoms with Crippen LogP contribution in [0.1, 0.15) is 38.7 Å². The van der Waals surface area contributed by atoms with Gasteiger partial charge >= 0.3 is 0 Å². The van der Waals surface area contributed by atoms with Crippen LogP contribution in [0.5, 0.6) is 0 Å². The Morgan fingerprint density at radius 3 is 2.48 bits per heavy atom. The Bertz CT molecular complexity index is 573. The third kappa shape index (κ3) is 5.29. The second-order valence-electron chi connectivity index (χ2n) is 7.06. The van der Waals surface area contributed by atoms with Crippen LogP contribution in [0.25, 0.3) is 0 Å². The summed E-state index contributed by atoms with van der Waals surface area (Å²) in [6, 6.07) is 7.44. The molecule has 2 N–H and O–H groups in total. The van der Waals surface area contributed by atoms with Crippen molar-refractivity contribution >= 4 is 29.9 Å².